The van der Waals surface area contributed by atoms with E-state index < -0.39 is 0 Å². The first-order valence-electron chi connectivity index (χ1n) is 5.29. The summed E-state index contributed by atoms with van der Waals surface area (Å²) in [5.74, 6) is 1.57. The van der Waals surface area contributed by atoms with Crippen molar-refractivity contribution in [3.63, 3.8) is 0 Å². The van der Waals surface area contributed by atoms with Gasteiger partial charge in [-0.1, -0.05) is 24.3 Å². The van der Waals surface area contributed by atoms with Crippen molar-refractivity contribution in [2.24, 2.45) is 4.99 Å². The summed E-state index contributed by atoms with van der Waals surface area (Å²) in [6, 6.07) is 7.93. The third-order valence-corrected chi connectivity index (χ3v) is 2.02. The minimum absolute atomic E-state index is 0.751. The van der Waals surface area contributed by atoms with Crippen LogP contribution in [0.2, 0.25) is 0 Å². The molecule has 0 heterocycles. The molecule has 0 fully saturated rings. The largest absolute Gasteiger partial charge is 0.456 e. The molecule has 0 radical (unpaired) electrons. The molecule has 0 atom stereocenters. The summed E-state index contributed by atoms with van der Waals surface area (Å²) < 4.78 is 5.62. The van der Waals surface area contributed by atoms with Gasteiger partial charge in [-0.15, -0.1) is 0 Å². The smallest absolute Gasteiger partial charge is 0.140 e. The highest BCUT2D eigenvalue weighted by molar-refractivity contribution is 5.76. The van der Waals surface area contributed by atoms with E-state index in [1.54, 1.807) is 13.3 Å². The topological polar surface area (TPSA) is 21.6 Å². The summed E-state index contributed by atoms with van der Waals surface area (Å²) in [6.07, 6.45) is 7.64. The van der Waals surface area contributed by atoms with E-state index in [4.69, 9.17) is 4.74 Å². The molecule has 0 N–H and O–H groups in total. The molecule has 0 aromatic heterocycles. The molecule has 84 valence electrons. The van der Waals surface area contributed by atoms with E-state index in [1.807, 2.05) is 56.3 Å². The number of hydrogen-bond donors (Lipinski definition) is 0. The summed E-state index contributed by atoms with van der Waals surface area (Å²) in [4.78, 5) is 3.92. The van der Waals surface area contributed by atoms with Crippen LogP contribution in [-0.4, -0.2) is 13.3 Å². The second-order valence-electron chi connectivity index (χ2n) is 3.25. The van der Waals surface area contributed by atoms with E-state index in [0.717, 1.165) is 11.5 Å². The zero-order chi connectivity index (χ0) is 11.8. The van der Waals surface area contributed by atoms with Crippen molar-refractivity contribution < 1.29 is 4.74 Å². The molecule has 0 saturated carbocycles. The number of nitrogens with zero attached hydrogens (tertiary/aromatic N) is 1. The van der Waals surface area contributed by atoms with Gasteiger partial charge in [0.05, 0.1) is 6.21 Å². The van der Waals surface area contributed by atoms with Crippen LogP contribution in [0.5, 0.6) is 5.75 Å². The van der Waals surface area contributed by atoms with Crippen LogP contribution in [0.3, 0.4) is 0 Å². The van der Waals surface area contributed by atoms with Crippen molar-refractivity contribution in [2.75, 3.05) is 7.05 Å². The van der Waals surface area contributed by atoms with Gasteiger partial charge in [-0.2, -0.15) is 0 Å². The Morgan fingerprint density at radius 2 is 1.88 bits per heavy atom. The molecule has 0 unspecified atom stereocenters. The van der Waals surface area contributed by atoms with Crippen LogP contribution in [0.15, 0.2) is 47.2 Å². The van der Waals surface area contributed by atoms with Gasteiger partial charge in [0.1, 0.15) is 11.5 Å². The van der Waals surface area contributed by atoms with E-state index in [-0.39, 0.29) is 0 Å². The van der Waals surface area contributed by atoms with Gasteiger partial charge in [0, 0.05) is 7.05 Å². The lowest BCUT2D eigenvalue weighted by molar-refractivity contribution is 0.456. The molecule has 0 spiro atoms. The summed E-state index contributed by atoms with van der Waals surface area (Å²) in [5.41, 5.74) is 1.17. The first-order chi connectivity index (χ1) is 7.80. The summed E-state index contributed by atoms with van der Waals surface area (Å²) in [6.45, 7) is 3.92. The first kappa shape index (κ1) is 12.2. The molecule has 0 bridgehead atoms. The minimum Gasteiger partial charge on any atom is -0.456 e. The highest BCUT2D eigenvalue weighted by atomic mass is 16.5. The average molecular weight is 215 g/mol. The molecule has 0 amide bonds. The lowest BCUT2D eigenvalue weighted by atomic mass is 10.2. The van der Waals surface area contributed by atoms with E-state index in [9.17, 15) is 0 Å². The Balaban J connectivity index is 2.75. The Morgan fingerprint density at radius 3 is 2.38 bits per heavy atom. The van der Waals surface area contributed by atoms with Crippen LogP contribution in [0.25, 0.3) is 6.08 Å². The van der Waals surface area contributed by atoms with Crippen molar-refractivity contribution >= 4 is 12.3 Å². The number of allylic oxidation sites excluding steroid dienone is 3. The van der Waals surface area contributed by atoms with Gasteiger partial charge in [0.25, 0.3) is 0 Å². The van der Waals surface area contributed by atoms with E-state index in [2.05, 4.69) is 4.99 Å². The molecule has 0 aliphatic rings. The second kappa shape index (κ2) is 6.62. The van der Waals surface area contributed by atoms with Gasteiger partial charge in [-0.25, -0.2) is 0 Å². The minimum atomic E-state index is 0.751. The fourth-order valence-electron chi connectivity index (χ4n) is 1.26. The van der Waals surface area contributed by atoms with Gasteiger partial charge < -0.3 is 4.74 Å². The molecule has 0 aliphatic carbocycles. The first-order valence-corrected chi connectivity index (χ1v) is 5.29. The van der Waals surface area contributed by atoms with Crippen LogP contribution in [0, 0.1) is 0 Å². The molecule has 0 saturated heterocycles. The zero-order valence-electron chi connectivity index (χ0n) is 9.97. The molecule has 16 heavy (non-hydrogen) atoms. The molecule has 1 aromatic rings. The number of hydrogen-bond acceptors (Lipinski definition) is 2. The SMILES string of the molecule is C/C=C/c1ccc(O/C(C=NC)=C/C)cc1. The molecule has 2 heteroatoms. The Morgan fingerprint density at radius 1 is 1.19 bits per heavy atom. The van der Waals surface area contributed by atoms with Gasteiger partial charge in [-0.05, 0) is 37.6 Å². The van der Waals surface area contributed by atoms with Gasteiger partial charge in [-0.3, -0.25) is 4.99 Å². The maximum atomic E-state index is 5.62. The van der Waals surface area contributed by atoms with Crippen molar-refractivity contribution in [3.05, 3.63) is 47.7 Å². The molecular weight excluding hydrogens is 198 g/mol. The lowest BCUT2D eigenvalue weighted by Crippen LogP contribution is -1.96. The standard InChI is InChI=1S/C14H17NO/c1-4-6-12-7-9-14(10-8-12)16-13(5-2)11-15-3/h4-11H,1-3H3/b6-4+,13-5+,15-11?. The molecule has 1 rings (SSSR count). The normalized spacial score (nSPS) is 12.6. The van der Waals surface area contributed by atoms with E-state index in [0.29, 0.717) is 0 Å². The quantitative estimate of drug-likeness (QED) is 0.554. The number of aliphatic imine (C=N–C) groups is 1. The van der Waals surface area contributed by atoms with E-state index >= 15 is 0 Å². The Hall–Kier alpha value is -1.83. The summed E-state index contributed by atoms with van der Waals surface area (Å²) in [5, 5.41) is 0. The maximum absolute atomic E-state index is 5.62. The maximum Gasteiger partial charge on any atom is 0.140 e. The predicted molar refractivity (Wildman–Crippen MR) is 70.0 cm³/mol. The second-order valence-corrected chi connectivity index (χ2v) is 3.25. The summed E-state index contributed by atoms with van der Waals surface area (Å²) in [7, 11) is 1.72. The van der Waals surface area contributed by atoms with Crippen LogP contribution >= 0.6 is 0 Å². The Labute approximate surface area is 97.0 Å². The third kappa shape index (κ3) is 3.73. The number of ether oxygens (including phenoxy) is 1. The fraction of sp³-hybridized carbons (Fsp3) is 0.214. The Kier molecular flexibility index (Phi) is 5.06. The highest BCUT2D eigenvalue weighted by Gasteiger charge is 1.96. The number of benzene rings is 1. The van der Waals surface area contributed by atoms with Gasteiger partial charge in [0.15, 0.2) is 0 Å². The third-order valence-electron chi connectivity index (χ3n) is 2.02. The van der Waals surface area contributed by atoms with Crippen LogP contribution in [0.4, 0.5) is 0 Å². The van der Waals surface area contributed by atoms with Crippen LogP contribution in [0.1, 0.15) is 19.4 Å². The van der Waals surface area contributed by atoms with Gasteiger partial charge in [0.2, 0.25) is 0 Å². The zero-order valence-corrected chi connectivity index (χ0v) is 9.97. The van der Waals surface area contributed by atoms with Gasteiger partial charge >= 0.3 is 0 Å². The molecular formula is C14H17NO. The average Bonchev–Trinajstić information content (AvgIpc) is 2.31. The van der Waals surface area contributed by atoms with Crippen LogP contribution in [-0.2, 0) is 0 Å². The van der Waals surface area contributed by atoms with Crippen LogP contribution < -0.4 is 4.74 Å². The van der Waals surface area contributed by atoms with Crippen molar-refractivity contribution in [1.82, 2.24) is 0 Å². The molecule has 0 aliphatic heterocycles. The van der Waals surface area contributed by atoms with Crippen molar-refractivity contribution in [3.8, 4) is 5.75 Å². The number of rotatable bonds is 4. The molecule has 1 aromatic carbocycles. The van der Waals surface area contributed by atoms with Crippen molar-refractivity contribution in [2.45, 2.75) is 13.8 Å². The van der Waals surface area contributed by atoms with Crippen molar-refractivity contribution in [1.29, 1.82) is 0 Å². The monoisotopic (exact) mass is 215 g/mol. The highest BCUT2D eigenvalue weighted by Crippen LogP contribution is 2.15. The predicted octanol–water partition coefficient (Wildman–Crippen LogP) is 3.70. The lowest BCUT2D eigenvalue weighted by Gasteiger charge is -2.05. The molecule has 2 nitrogen and oxygen atoms in total. The fourth-order valence-corrected chi connectivity index (χ4v) is 1.26. The summed E-state index contributed by atoms with van der Waals surface area (Å²) >= 11 is 0. The van der Waals surface area contributed by atoms with E-state index in [1.165, 1.54) is 5.56 Å². The Bertz CT molecular complexity index is 399.